The summed E-state index contributed by atoms with van der Waals surface area (Å²) in [7, 11) is 1.39. The molecule has 5 heteroatoms. The van der Waals surface area contributed by atoms with E-state index in [0.29, 0.717) is 17.6 Å². The van der Waals surface area contributed by atoms with Crippen LogP contribution in [-0.2, 0) is 9.47 Å². The molecule has 2 aliphatic rings. The van der Waals surface area contributed by atoms with Crippen LogP contribution < -0.4 is 4.90 Å². The summed E-state index contributed by atoms with van der Waals surface area (Å²) in [6.45, 7) is 1.58. The Bertz CT molecular complexity index is 702. The molecule has 2 fully saturated rings. The second-order valence-electron chi connectivity index (χ2n) is 5.56. The lowest BCUT2D eigenvalue weighted by molar-refractivity contribution is 0.00975. The molecule has 21 heavy (non-hydrogen) atoms. The summed E-state index contributed by atoms with van der Waals surface area (Å²) in [6, 6.07) is 10.4. The average Bonchev–Trinajstić information content (AvgIpc) is 2.54. The first-order valence-corrected chi connectivity index (χ1v) is 7.11. The number of morpholine rings is 1. The highest BCUT2D eigenvalue weighted by molar-refractivity contribution is 5.94. The third-order valence-corrected chi connectivity index (χ3v) is 4.31. The number of nitrogens with zero attached hydrogens (tertiary/aromatic N) is 2. The van der Waals surface area contributed by atoms with Crippen LogP contribution in [0.25, 0.3) is 10.9 Å². The zero-order valence-electron chi connectivity index (χ0n) is 11.8. The lowest BCUT2D eigenvalue weighted by Crippen LogP contribution is -2.64. The van der Waals surface area contributed by atoms with Crippen LogP contribution in [0.2, 0.25) is 0 Å². The number of ether oxygens (including phenoxy) is 2. The van der Waals surface area contributed by atoms with Crippen LogP contribution in [0.3, 0.4) is 0 Å². The van der Waals surface area contributed by atoms with Crippen molar-refractivity contribution < 1.29 is 14.3 Å². The molecule has 1 aromatic heterocycles. The molecule has 2 atom stereocenters. The number of methoxy groups -OCH3 is 1. The van der Waals surface area contributed by atoms with Gasteiger partial charge < -0.3 is 14.4 Å². The largest absolute Gasteiger partial charge is 0.465 e. The van der Waals surface area contributed by atoms with Gasteiger partial charge in [0.2, 0.25) is 0 Å². The lowest BCUT2D eigenvalue weighted by atomic mass is 9.91. The number of fused-ring (bicyclic) bond motifs is 3. The van der Waals surface area contributed by atoms with E-state index < -0.39 is 0 Å². The predicted molar refractivity (Wildman–Crippen MR) is 78.6 cm³/mol. The molecule has 4 rings (SSSR count). The minimum absolute atomic E-state index is 0.324. The number of hydrogen-bond donors (Lipinski definition) is 0. The molecule has 108 valence electrons. The van der Waals surface area contributed by atoms with Gasteiger partial charge in [0.25, 0.3) is 0 Å². The fourth-order valence-electron chi connectivity index (χ4n) is 3.22. The molecule has 0 radical (unpaired) electrons. The van der Waals surface area contributed by atoms with Crippen molar-refractivity contribution in [2.75, 3.05) is 25.2 Å². The van der Waals surface area contributed by atoms with Gasteiger partial charge in [0, 0.05) is 5.39 Å². The molecule has 2 aromatic rings. The van der Waals surface area contributed by atoms with E-state index in [0.717, 1.165) is 29.9 Å². The molecular formula is C16H16N2O3. The van der Waals surface area contributed by atoms with Gasteiger partial charge in [-0.2, -0.15) is 0 Å². The van der Waals surface area contributed by atoms with Crippen LogP contribution in [0.4, 0.5) is 5.82 Å². The summed E-state index contributed by atoms with van der Waals surface area (Å²) in [4.78, 5) is 18.6. The van der Waals surface area contributed by atoms with Gasteiger partial charge in [0.05, 0.1) is 43.5 Å². The van der Waals surface area contributed by atoms with E-state index in [9.17, 15) is 4.79 Å². The summed E-state index contributed by atoms with van der Waals surface area (Å²) in [5, 5.41) is 0.948. The molecule has 0 N–H and O–H groups in total. The number of anilines is 1. The van der Waals surface area contributed by atoms with Gasteiger partial charge in [0.15, 0.2) is 0 Å². The zero-order chi connectivity index (χ0) is 14.4. The number of rotatable bonds is 2. The number of pyridine rings is 1. The maximum Gasteiger partial charge on any atom is 0.337 e. The van der Waals surface area contributed by atoms with E-state index in [4.69, 9.17) is 14.5 Å². The molecular weight excluding hydrogens is 268 g/mol. The lowest BCUT2D eigenvalue weighted by Gasteiger charge is -2.53. The van der Waals surface area contributed by atoms with Crippen LogP contribution in [0.15, 0.2) is 30.3 Å². The molecule has 0 saturated carbocycles. The molecule has 0 spiro atoms. The van der Waals surface area contributed by atoms with Gasteiger partial charge in [0.1, 0.15) is 5.82 Å². The van der Waals surface area contributed by atoms with E-state index in [1.807, 2.05) is 24.3 Å². The highest BCUT2D eigenvalue weighted by Crippen LogP contribution is 2.35. The second-order valence-corrected chi connectivity index (χ2v) is 5.56. The monoisotopic (exact) mass is 284 g/mol. The van der Waals surface area contributed by atoms with E-state index in [2.05, 4.69) is 4.90 Å². The predicted octanol–water partition coefficient (Wildman–Crippen LogP) is 2.00. The standard InChI is InChI=1S/C16H16N2O3/c1-20-16(19)11-2-4-14-10(6-11)3-5-15(17-14)18-12-7-13(18)9-21-8-12/h2-6,12-13H,7-9H2,1H3/t12-,13+. The molecule has 2 aliphatic heterocycles. The molecule has 2 saturated heterocycles. The number of carbonyl (C=O) groups is 1. The third kappa shape index (κ3) is 1.96. The Kier molecular flexibility index (Phi) is 2.82. The first kappa shape index (κ1) is 12.6. The van der Waals surface area contributed by atoms with Crippen LogP contribution in [0.5, 0.6) is 0 Å². The Morgan fingerprint density at radius 1 is 1.29 bits per heavy atom. The van der Waals surface area contributed by atoms with E-state index in [1.54, 1.807) is 6.07 Å². The number of carbonyl (C=O) groups excluding carboxylic acids is 1. The average molecular weight is 284 g/mol. The number of aromatic nitrogens is 1. The molecule has 0 amide bonds. The van der Waals surface area contributed by atoms with Crippen LogP contribution in [0, 0.1) is 0 Å². The van der Waals surface area contributed by atoms with Crippen molar-refractivity contribution >= 4 is 22.7 Å². The summed E-state index contributed by atoms with van der Waals surface area (Å²) in [5.41, 5.74) is 1.44. The topological polar surface area (TPSA) is 51.7 Å². The minimum atomic E-state index is -0.324. The Balaban J connectivity index is 1.69. The van der Waals surface area contributed by atoms with Crippen molar-refractivity contribution in [1.82, 2.24) is 4.98 Å². The second kappa shape index (κ2) is 4.70. The van der Waals surface area contributed by atoms with Gasteiger partial charge in [-0.05, 0) is 36.8 Å². The molecule has 5 nitrogen and oxygen atoms in total. The maximum atomic E-state index is 11.6. The Morgan fingerprint density at radius 2 is 2.10 bits per heavy atom. The quantitative estimate of drug-likeness (QED) is 0.789. The van der Waals surface area contributed by atoms with Crippen LogP contribution >= 0.6 is 0 Å². The van der Waals surface area contributed by atoms with Crippen LogP contribution in [0.1, 0.15) is 16.8 Å². The van der Waals surface area contributed by atoms with Crippen molar-refractivity contribution in [3.63, 3.8) is 0 Å². The third-order valence-electron chi connectivity index (χ3n) is 4.31. The zero-order valence-corrected chi connectivity index (χ0v) is 11.8. The van der Waals surface area contributed by atoms with Gasteiger partial charge in [-0.15, -0.1) is 0 Å². The molecule has 2 bridgehead atoms. The number of esters is 1. The minimum Gasteiger partial charge on any atom is -0.465 e. The molecule has 3 heterocycles. The highest BCUT2D eigenvalue weighted by atomic mass is 16.5. The van der Waals surface area contributed by atoms with Gasteiger partial charge in [-0.3, -0.25) is 0 Å². The van der Waals surface area contributed by atoms with E-state index in [-0.39, 0.29) is 5.97 Å². The maximum absolute atomic E-state index is 11.6. The molecule has 0 unspecified atom stereocenters. The Labute approximate surface area is 122 Å². The smallest absolute Gasteiger partial charge is 0.337 e. The molecule has 1 aromatic carbocycles. The first-order chi connectivity index (χ1) is 10.3. The highest BCUT2D eigenvalue weighted by Gasteiger charge is 2.42. The number of benzene rings is 1. The Morgan fingerprint density at radius 3 is 2.81 bits per heavy atom. The van der Waals surface area contributed by atoms with Crippen molar-refractivity contribution in [3.8, 4) is 0 Å². The normalized spacial score (nSPS) is 23.8. The summed E-state index contributed by atoms with van der Waals surface area (Å²) in [5.74, 6) is 0.674. The van der Waals surface area contributed by atoms with E-state index in [1.165, 1.54) is 13.5 Å². The molecule has 0 aliphatic carbocycles. The van der Waals surface area contributed by atoms with Gasteiger partial charge >= 0.3 is 5.97 Å². The van der Waals surface area contributed by atoms with Gasteiger partial charge in [-0.1, -0.05) is 0 Å². The first-order valence-electron chi connectivity index (χ1n) is 7.11. The Hall–Kier alpha value is -2.14. The summed E-state index contributed by atoms with van der Waals surface area (Å²) >= 11 is 0. The SMILES string of the molecule is COC(=O)c1ccc2nc(N3[C@@H]4COC[C@H]3C4)ccc2c1. The van der Waals surface area contributed by atoms with Crippen molar-refractivity contribution in [2.24, 2.45) is 0 Å². The number of hydrogen-bond acceptors (Lipinski definition) is 5. The van der Waals surface area contributed by atoms with Crippen molar-refractivity contribution in [2.45, 2.75) is 18.5 Å². The summed E-state index contributed by atoms with van der Waals surface area (Å²) < 4.78 is 10.2. The van der Waals surface area contributed by atoms with E-state index >= 15 is 0 Å². The fourth-order valence-corrected chi connectivity index (χ4v) is 3.22. The van der Waals surface area contributed by atoms with Gasteiger partial charge in [-0.25, -0.2) is 9.78 Å². The van der Waals surface area contributed by atoms with Crippen molar-refractivity contribution in [3.05, 3.63) is 35.9 Å². The van der Waals surface area contributed by atoms with Crippen LogP contribution in [-0.4, -0.2) is 43.4 Å². The summed E-state index contributed by atoms with van der Waals surface area (Å²) in [6.07, 6.45) is 1.20. The fraction of sp³-hybridized carbons (Fsp3) is 0.375. The van der Waals surface area contributed by atoms with Crippen molar-refractivity contribution in [1.29, 1.82) is 0 Å².